The smallest absolute Gasteiger partial charge is 0.240 e. The molecule has 3 N–H and O–H groups in total. The normalized spacial score (nSPS) is 10.5. The molecule has 67 valence electrons. The minimum atomic E-state index is -3.32. The van der Waals surface area contributed by atoms with E-state index >= 15 is 0 Å². The zero-order valence-electron chi connectivity index (χ0n) is 7.61. The van der Waals surface area contributed by atoms with Crippen molar-refractivity contribution in [2.45, 2.75) is 4.90 Å². The molecule has 0 aliphatic carbocycles. The molecule has 0 spiro atoms. The summed E-state index contributed by atoms with van der Waals surface area (Å²) in [5.74, 6) is 0. The van der Waals surface area contributed by atoms with Crippen LogP contribution in [0.4, 0.5) is 5.69 Å². The van der Waals surface area contributed by atoms with Gasteiger partial charge in [0.2, 0.25) is 10.0 Å². The third kappa shape index (κ3) is 3.28. The first kappa shape index (κ1) is 12.9. The summed E-state index contributed by atoms with van der Waals surface area (Å²) in [6.07, 6.45) is 0. The molecule has 13 heavy (non-hydrogen) atoms. The third-order valence-corrected chi connectivity index (χ3v) is 2.89. The van der Waals surface area contributed by atoms with E-state index in [4.69, 9.17) is 5.73 Å². The summed E-state index contributed by atoms with van der Waals surface area (Å²) in [5, 5.41) is 0. The van der Waals surface area contributed by atoms with Crippen LogP contribution in [0.1, 0.15) is 0 Å². The number of anilines is 1. The van der Waals surface area contributed by atoms with Crippen LogP contribution in [0.15, 0.2) is 29.2 Å². The van der Waals surface area contributed by atoms with Gasteiger partial charge in [0.15, 0.2) is 0 Å². The molecule has 1 rings (SSSR count). The van der Waals surface area contributed by atoms with Gasteiger partial charge in [0, 0.05) is 35.2 Å². The van der Waals surface area contributed by atoms with Crippen molar-refractivity contribution in [2.75, 3.05) is 12.8 Å². The van der Waals surface area contributed by atoms with Gasteiger partial charge in [-0.05, 0) is 31.3 Å². The standard InChI is InChI=1S/C7H10N2O2S.Na/c1-9-12(10,11)7-4-2-6(8)3-5-7;/h2-5,9H,8H2,1H3;. The largest absolute Gasteiger partial charge is 0.399 e. The minimum Gasteiger partial charge on any atom is -0.399 e. The van der Waals surface area contributed by atoms with Crippen LogP contribution < -0.4 is 10.5 Å². The first-order valence-corrected chi connectivity index (χ1v) is 4.83. The van der Waals surface area contributed by atoms with Crippen LogP contribution in [0.5, 0.6) is 0 Å². The van der Waals surface area contributed by atoms with Gasteiger partial charge >= 0.3 is 0 Å². The Bertz CT molecular complexity index is 361. The van der Waals surface area contributed by atoms with Gasteiger partial charge in [-0.3, -0.25) is 0 Å². The topological polar surface area (TPSA) is 72.2 Å². The summed E-state index contributed by atoms with van der Waals surface area (Å²) in [6, 6.07) is 6.01. The molecule has 0 aromatic heterocycles. The number of sulfonamides is 1. The number of nitrogens with one attached hydrogen (secondary N) is 1. The summed E-state index contributed by atoms with van der Waals surface area (Å²) in [7, 11) is -1.95. The van der Waals surface area contributed by atoms with E-state index in [2.05, 4.69) is 4.72 Å². The van der Waals surface area contributed by atoms with E-state index in [0.717, 1.165) is 0 Å². The van der Waals surface area contributed by atoms with Crippen molar-refractivity contribution in [2.24, 2.45) is 0 Å². The first-order chi connectivity index (χ1) is 5.56. The maximum atomic E-state index is 11.2. The van der Waals surface area contributed by atoms with Gasteiger partial charge in [-0.15, -0.1) is 0 Å². The van der Waals surface area contributed by atoms with Gasteiger partial charge < -0.3 is 5.73 Å². The fraction of sp³-hybridized carbons (Fsp3) is 0.143. The Labute approximate surface area is 99.9 Å². The molecular formula is C7H10N2NaO2S. The number of hydrogen-bond acceptors (Lipinski definition) is 3. The van der Waals surface area contributed by atoms with Crippen LogP contribution in [0, 0.1) is 0 Å². The molecule has 0 aliphatic heterocycles. The van der Waals surface area contributed by atoms with Gasteiger partial charge in [0.05, 0.1) is 4.90 Å². The number of nitrogens with two attached hydrogens (primary N) is 1. The second-order valence-corrected chi connectivity index (χ2v) is 4.16. The zero-order valence-corrected chi connectivity index (χ0v) is 10.4. The van der Waals surface area contributed by atoms with E-state index in [0.29, 0.717) is 5.69 Å². The second-order valence-electron chi connectivity index (χ2n) is 2.28. The van der Waals surface area contributed by atoms with E-state index in [9.17, 15) is 8.42 Å². The summed E-state index contributed by atoms with van der Waals surface area (Å²) < 4.78 is 24.5. The molecule has 1 aromatic rings. The maximum absolute atomic E-state index is 11.2. The van der Waals surface area contributed by atoms with Crippen molar-refractivity contribution < 1.29 is 8.42 Å². The van der Waals surface area contributed by atoms with Crippen molar-refractivity contribution in [3.8, 4) is 0 Å². The molecule has 1 radical (unpaired) electrons. The first-order valence-electron chi connectivity index (χ1n) is 3.35. The fourth-order valence-corrected chi connectivity index (χ4v) is 1.49. The molecule has 4 nitrogen and oxygen atoms in total. The summed E-state index contributed by atoms with van der Waals surface area (Å²) in [4.78, 5) is 0.221. The average Bonchev–Trinajstić information content (AvgIpc) is 2.05. The maximum Gasteiger partial charge on any atom is 0.240 e. The predicted molar refractivity (Wildman–Crippen MR) is 52.9 cm³/mol. The predicted octanol–water partition coefficient (Wildman–Crippen LogP) is -0.204. The van der Waals surface area contributed by atoms with Crippen LogP contribution in [0.3, 0.4) is 0 Å². The van der Waals surface area contributed by atoms with Crippen molar-refractivity contribution in [1.82, 2.24) is 4.72 Å². The molecule has 0 amide bonds. The number of hydrogen-bond donors (Lipinski definition) is 2. The van der Waals surface area contributed by atoms with Crippen molar-refractivity contribution in [1.29, 1.82) is 0 Å². The van der Waals surface area contributed by atoms with Gasteiger partial charge in [0.25, 0.3) is 0 Å². The van der Waals surface area contributed by atoms with Gasteiger partial charge in [-0.2, -0.15) is 0 Å². The third-order valence-electron chi connectivity index (χ3n) is 1.46. The Kier molecular flexibility index (Phi) is 4.95. The van der Waals surface area contributed by atoms with Gasteiger partial charge in [-0.25, -0.2) is 13.1 Å². The van der Waals surface area contributed by atoms with E-state index in [1.807, 2.05) is 0 Å². The van der Waals surface area contributed by atoms with Crippen LogP contribution >= 0.6 is 0 Å². The summed E-state index contributed by atoms with van der Waals surface area (Å²) >= 11 is 0. The Hall–Kier alpha value is -0.0700. The SMILES string of the molecule is CNS(=O)(=O)c1ccc(N)cc1.[Na]. The Morgan fingerprint density at radius 3 is 2.08 bits per heavy atom. The molecular weight excluding hydrogens is 199 g/mol. The fourth-order valence-electron chi connectivity index (χ4n) is 0.765. The average molecular weight is 209 g/mol. The quantitative estimate of drug-likeness (QED) is 0.523. The monoisotopic (exact) mass is 209 g/mol. The summed E-state index contributed by atoms with van der Waals surface area (Å²) in [6.45, 7) is 0. The molecule has 0 saturated carbocycles. The van der Waals surface area contributed by atoms with Gasteiger partial charge in [-0.1, -0.05) is 0 Å². The summed E-state index contributed by atoms with van der Waals surface area (Å²) in [5.41, 5.74) is 5.94. The number of benzene rings is 1. The van der Waals surface area contributed by atoms with Crippen LogP contribution in [0.25, 0.3) is 0 Å². The van der Waals surface area contributed by atoms with Crippen LogP contribution in [-0.2, 0) is 10.0 Å². The molecule has 0 aliphatic rings. The van der Waals surface area contributed by atoms with E-state index in [1.54, 1.807) is 12.1 Å². The number of nitrogen functional groups attached to an aromatic ring is 1. The van der Waals surface area contributed by atoms with Crippen molar-refractivity contribution in [3.05, 3.63) is 24.3 Å². The second kappa shape index (κ2) is 4.97. The van der Waals surface area contributed by atoms with Gasteiger partial charge in [0.1, 0.15) is 0 Å². The molecule has 0 heterocycles. The van der Waals surface area contributed by atoms with Crippen LogP contribution in [0.2, 0.25) is 0 Å². The Morgan fingerprint density at radius 2 is 1.69 bits per heavy atom. The Balaban J connectivity index is 0.00000144. The van der Waals surface area contributed by atoms with Crippen molar-refractivity contribution in [3.63, 3.8) is 0 Å². The van der Waals surface area contributed by atoms with Crippen LogP contribution in [-0.4, -0.2) is 45.0 Å². The Morgan fingerprint density at radius 1 is 1.23 bits per heavy atom. The number of rotatable bonds is 2. The molecule has 0 bridgehead atoms. The van der Waals surface area contributed by atoms with Crippen molar-refractivity contribution >= 4 is 45.3 Å². The van der Waals surface area contributed by atoms with E-state index in [-0.39, 0.29) is 34.5 Å². The molecule has 6 heteroatoms. The minimum absolute atomic E-state index is 0. The molecule has 1 aromatic carbocycles. The van der Waals surface area contributed by atoms with E-state index < -0.39 is 10.0 Å². The molecule has 0 saturated heterocycles. The molecule has 0 atom stereocenters. The molecule has 0 unspecified atom stereocenters. The van der Waals surface area contributed by atoms with E-state index in [1.165, 1.54) is 19.2 Å². The zero-order chi connectivity index (χ0) is 9.19. The molecule has 0 fully saturated rings.